The van der Waals surface area contributed by atoms with Crippen LogP contribution in [0.1, 0.15) is 23.4 Å². The number of benzene rings is 1. The molecule has 0 fully saturated rings. The summed E-state index contributed by atoms with van der Waals surface area (Å²) in [7, 11) is 1.48. The molecule has 0 amide bonds. The molecule has 0 aliphatic heterocycles. The Morgan fingerprint density at radius 2 is 2.16 bits per heavy atom. The van der Waals surface area contributed by atoms with Gasteiger partial charge in [-0.25, -0.2) is 4.39 Å². The predicted octanol–water partition coefficient (Wildman–Crippen LogP) is 4.36. The van der Waals surface area contributed by atoms with Gasteiger partial charge in [0.1, 0.15) is 0 Å². The van der Waals surface area contributed by atoms with Gasteiger partial charge in [-0.15, -0.1) is 11.3 Å². The first-order valence-electron chi connectivity index (χ1n) is 5.98. The van der Waals surface area contributed by atoms with Gasteiger partial charge in [0.15, 0.2) is 11.6 Å². The van der Waals surface area contributed by atoms with Gasteiger partial charge in [-0.1, -0.05) is 19.1 Å². The van der Waals surface area contributed by atoms with E-state index in [1.165, 1.54) is 7.11 Å². The zero-order valence-electron chi connectivity index (χ0n) is 10.7. The van der Waals surface area contributed by atoms with E-state index in [9.17, 15) is 4.39 Å². The molecule has 0 spiro atoms. The molecule has 0 aliphatic rings. The quantitative estimate of drug-likeness (QED) is 0.870. The summed E-state index contributed by atoms with van der Waals surface area (Å²) < 4.78 is 20.4. The summed E-state index contributed by atoms with van der Waals surface area (Å²) in [5.41, 5.74) is 0.607. The van der Waals surface area contributed by atoms with Crippen molar-refractivity contribution < 1.29 is 9.13 Å². The number of ether oxygens (including phenoxy) is 1. The van der Waals surface area contributed by atoms with Crippen molar-refractivity contribution in [3.05, 3.63) is 50.4 Å². The summed E-state index contributed by atoms with van der Waals surface area (Å²) in [5, 5.41) is 3.31. The molecule has 2 rings (SSSR count). The van der Waals surface area contributed by atoms with Gasteiger partial charge in [-0.3, -0.25) is 0 Å². The fourth-order valence-electron chi connectivity index (χ4n) is 1.96. The normalized spacial score (nSPS) is 12.4. The highest BCUT2D eigenvalue weighted by molar-refractivity contribution is 9.11. The van der Waals surface area contributed by atoms with E-state index in [0.717, 1.165) is 15.2 Å². The van der Waals surface area contributed by atoms with Crippen molar-refractivity contribution in [1.82, 2.24) is 5.32 Å². The van der Waals surface area contributed by atoms with Gasteiger partial charge >= 0.3 is 0 Å². The predicted molar refractivity (Wildman–Crippen MR) is 80.5 cm³/mol. The molecule has 0 aliphatic carbocycles. The number of methoxy groups -OCH3 is 1. The summed E-state index contributed by atoms with van der Waals surface area (Å²) >= 11 is 5.04. The molecule has 2 aromatic rings. The minimum atomic E-state index is -0.305. The molecule has 1 atom stereocenters. The van der Waals surface area contributed by atoms with Crippen molar-refractivity contribution in [1.29, 1.82) is 0 Å². The fraction of sp³-hybridized carbons (Fsp3) is 0.286. The van der Waals surface area contributed by atoms with Crippen molar-refractivity contribution in [2.24, 2.45) is 0 Å². The van der Waals surface area contributed by atoms with Crippen LogP contribution in [0.5, 0.6) is 5.75 Å². The molecule has 1 heterocycles. The van der Waals surface area contributed by atoms with Crippen molar-refractivity contribution >= 4 is 27.3 Å². The summed E-state index contributed by atoms with van der Waals surface area (Å²) in [6.07, 6.45) is 0. The first kappa shape index (κ1) is 14.5. The summed E-state index contributed by atoms with van der Waals surface area (Å²) in [6.45, 7) is 2.77. The molecule has 0 saturated heterocycles. The summed E-state index contributed by atoms with van der Waals surface area (Å²) in [6, 6.07) is 9.05. The maximum Gasteiger partial charge on any atom is 0.170 e. The molecular formula is C14H15BrFNOS. The Labute approximate surface area is 124 Å². The molecule has 1 aromatic carbocycles. The van der Waals surface area contributed by atoms with Crippen LogP contribution >= 0.6 is 27.3 Å². The average Bonchev–Trinajstić information content (AvgIpc) is 2.83. The Balaban J connectivity index is 2.44. The molecule has 1 unspecified atom stereocenters. The van der Waals surface area contributed by atoms with Crippen LogP contribution in [0.2, 0.25) is 0 Å². The van der Waals surface area contributed by atoms with E-state index in [2.05, 4.69) is 21.2 Å². The van der Waals surface area contributed by atoms with E-state index < -0.39 is 0 Å². The van der Waals surface area contributed by atoms with Crippen LogP contribution in [0.25, 0.3) is 0 Å². The summed E-state index contributed by atoms with van der Waals surface area (Å²) in [5.74, 6) is -0.0310. The van der Waals surface area contributed by atoms with Crippen LogP contribution in [0.3, 0.4) is 0 Å². The summed E-state index contributed by atoms with van der Waals surface area (Å²) in [4.78, 5) is 1.07. The minimum Gasteiger partial charge on any atom is -0.494 e. The Bertz CT molecular complexity index is 558. The molecule has 102 valence electrons. The van der Waals surface area contributed by atoms with Crippen molar-refractivity contribution in [3.8, 4) is 5.75 Å². The van der Waals surface area contributed by atoms with E-state index in [1.54, 1.807) is 23.5 Å². The second kappa shape index (κ2) is 6.50. The lowest BCUT2D eigenvalue weighted by Crippen LogP contribution is -2.22. The van der Waals surface area contributed by atoms with E-state index in [-0.39, 0.29) is 17.6 Å². The van der Waals surface area contributed by atoms with Gasteiger partial charge in [0.25, 0.3) is 0 Å². The van der Waals surface area contributed by atoms with Gasteiger partial charge in [-0.05, 0) is 40.7 Å². The standard InChI is InChI=1S/C14H15BrFNOS/c1-3-17-14(11-7-8-12(15)19-11)9-5-4-6-10(18-2)13(9)16/h4-8,14,17H,3H2,1-2H3. The maximum absolute atomic E-state index is 14.4. The lowest BCUT2D eigenvalue weighted by molar-refractivity contribution is 0.382. The number of hydrogen-bond donors (Lipinski definition) is 1. The SMILES string of the molecule is CCNC(c1ccc(Br)s1)c1cccc(OC)c1F. The highest BCUT2D eigenvalue weighted by Crippen LogP contribution is 2.34. The third kappa shape index (κ3) is 3.16. The third-order valence-corrected chi connectivity index (χ3v) is 4.50. The van der Waals surface area contributed by atoms with Gasteiger partial charge in [0.2, 0.25) is 0 Å². The van der Waals surface area contributed by atoms with Crippen molar-refractivity contribution in [2.45, 2.75) is 13.0 Å². The van der Waals surface area contributed by atoms with Gasteiger partial charge in [-0.2, -0.15) is 0 Å². The van der Waals surface area contributed by atoms with Crippen LogP contribution in [0.4, 0.5) is 4.39 Å². The minimum absolute atomic E-state index is 0.156. The maximum atomic E-state index is 14.4. The number of nitrogens with one attached hydrogen (secondary N) is 1. The second-order valence-corrected chi connectivity index (χ2v) is 6.49. The first-order valence-corrected chi connectivity index (χ1v) is 7.59. The Kier molecular flexibility index (Phi) is 4.96. The average molecular weight is 344 g/mol. The Morgan fingerprint density at radius 3 is 2.74 bits per heavy atom. The Morgan fingerprint density at radius 1 is 1.37 bits per heavy atom. The van der Waals surface area contributed by atoms with E-state index in [4.69, 9.17) is 4.74 Å². The molecule has 19 heavy (non-hydrogen) atoms. The topological polar surface area (TPSA) is 21.3 Å². The number of halogens is 2. The number of thiophene rings is 1. The van der Waals surface area contributed by atoms with Crippen LogP contribution in [-0.2, 0) is 0 Å². The monoisotopic (exact) mass is 343 g/mol. The molecule has 0 saturated carbocycles. The van der Waals surface area contributed by atoms with Crippen molar-refractivity contribution in [2.75, 3.05) is 13.7 Å². The molecule has 1 aromatic heterocycles. The second-order valence-electron chi connectivity index (χ2n) is 4.00. The van der Waals surface area contributed by atoms with Gasteiger partial charge < -0.3 is 10.1 Å². The molecule has 5 heteroatoms. The number of hydrogen-bond acceptors (Lipinski definition) is 3. The molecule has 0 bridgehead atoms. The van der Waals surface area contributed by atoms with Crippen LogP contribution in [0, 0.1) is 5.82 Å². The zero-order chi connectivity index (χ0) is 13.8. The van der Waals surface area contributed by atoms with Crippen LogP contribution < -0.4 is 10.1 Å². The van der Waals surface area contributed by atoms with E-state index in [0.29, 0.717) is 5.56 Å². The molecule has 0 radical (unpaired) electrons. The zero-order valence-corrected chi connectivity index (χ0v) is 13.1. The highest BCUT2D eigenvalue weighted by atomic mass is 79.9. The molecule has 2 nitrogen and oxygen atoms in total. The smallest absolute Gasteiger partial charge is 0.170 e. The lowest BCUT2D eigenvalue weighted by Gasteiger charge is -2.18. The van der Waals surface area contributed by atoms with E-state index in [1.807, 2.05) is 25.1 Å². The van der Waals surface area contributed by atoms with Gasteiger partial charge in [0.05, 0.1) is 16.9 Å². The van der Waals surface area contributed by atoms with E-state index >= 15 is 0 Å². The van der Waals surface area contributed by atoms with Crippen LogP contribution in [0.15, 0.2) is 34.1 Å². The third-order valence-electron chi connectivity index (χ3n) is 2.81. The van der Waals surface area contributed by atoms with Gasteiger partial charge in [0, 0.05) is 10.4 Å². The first-order chi connectivity index (χ1) is 9.17. The number of rotatable bonds is 5. The fourth-order valence-corrected chi connectivity index (χ4v) is 3.48. The van der Waals surface area contributed by atoms with Crippen molar-refractivity contribution in [3.63, 3.8) is 0 Å². The molecular weight excluding hydrogens is 329 g/mol. The lowest BCUT2D eigenvalue weighted by atomic mass is 10.0. The largest absolute Gasteiger partial charge is 0.494 e. The Hall–Kier alpha value is -0.910. The highest BCUT2D eigenvalue weighted by Gasteiger charge is 2.20. The molecule has 1 N–H and O–H groups in total. The van der Waals surface area contributed by atoms with Crippen LogP contribution in [-0.4, -0.2) is 13.7 Å².